The number of anilines is 1. The number of benzene rings is 1. The molecule has 0 radical (unpaired) electrons. The van der Waals surface area contributed by atoms with Crippen LogP contribution in [0.1, 0.15) is 27.2 Å². The minimum atomic E-state index is -0.310. The maximum atomic E-state index is 12.8. The normalized spacial score (nSPS) is 18.1. The van der Waals surface area contributed by atoms with Crippen molar-refractivity contribution in [2.75, 3.05) is 51.3 Å². The summed E-state index contributed by atoms with van der Waals surface area (Å²) in [5.74, 6) is 1.57. The molecule has 1 aromatic rings. The lowest BCUT2D eigenvalue weighted by molar-refractivity contribution is -0.120. The highest BCUT2D eigenvalue weighted by Crippen LogP contribution is 2.32. The van der Waals surface area contributed by atoms with Crippen molar-refractivity contribution in [1.82, 2.24) is 9.80 Å². The Bertz CT molecular complexity index is 724. The van der Waals surface area contributed by atoms with Crippen LogP contribution in [0.4, 0.5) is 10.5 Å². The van der Waals surface area contributed by atoms with Gasteiger partial charge in [0.15, 0.2) is 11.5 Å². The molecule has 2 aliphatic heterocycles. The SMILES string of the molecule is CC(C)COC(=O)N1CCCN(C(C)C(=O)Nc2ccc3c(c2)OCCO3)CC1. The summed E-state index contributed by atoms with van der Waals surface area (Å²) in [4.78, 5) is 28.8. The van der Waals surface area contributed by atoms with E-state index in [9.17, 15) is 9.59 Å². The zero-order chi connectivity index (χ0) is 20.8. The van der Waals surface area contributed by atoms with Crippen molar-refractivity contribution < 1.29 is 23.8 Å². The van der Waals surface area contributed by atoms with Crippen LogP contribution < -0.4 is 14.8 Å². The van der Waals surface area contributed by atoms with E-state index in [0.29, 0.717) is 62.6 Å². The van der Waals surface area contributed by atoms with Crippen LogP contribution in [-0.2, 0) is 9.53 Å². The Kier molecular flexibility index (Phi) is 7.19. The third-order valence-corrected chi connectivity index (χ3v) is 5.07. The van der Waals surface area contributed by atoms with Crippen molar-refractivity contribution in [3.8, 4) is 11.5 Å². The van der Waals surface area contributed by atoms with E-state index in [1.165, 1.54) is 0 Å². The Morgan fingerprint density at radius 1 is 1.07 bits per heavy atom. The van der Waals surface area contributed by atoms with Crippen LogP contribution in [0.15, 0.2) is 18.2 Å². The van der Waals surface area contributed by atoms with Gasteiger partial charge in [-0.2, -0.15) is 0 Å². The standard InChI is InChI=1S/C21H31N3O5/c1-15(2)14-29-21(26)24-8-4-7-23(9-10-24)16(3)20(25)22-17-5-6-18-19(13-17)28-12-11-27-18/h5-6,13,15-16H,4,7-12,14H2,1-3H3,(H,22,25). The van der Waals surface area contributed by atoms with Gasteiger partial charge < -0.3 is 24.4 Å². The number of hydrogen-bond acceptors (Lipinski definition) is 6. The van der Waals surface area contributed by atoms with Gasteiger partial charge in [0.05, 0.1) is 12.6 Å². The molecule has 1 aromatic carbocycles. The van der Waals surface area contributed by atoms with E-state index >= 15 is 0 Å². The molecule has 8 heteroatoms. The van der Waals surface area contributed by atoms with E-state index in [1.807, 2.05) is 26.8 Å². The molecule has 3 rings (SSSR count). The first kappa shape index (κ1) is 21.2. The zero-order valence-corrected chi connectivity index (χ0v) is 17.5. The highest BCUT2D eigenvalue weighted by molar-refractivity contribution is 5.94. The van der Waals surface area contributed by atoms with E-state index in [1.54, 1.807) is 17.0 Å². The van der Waals surface area contributed by atoms with Crippen molar-refractivity contribution in [3.63, 3.8) is 0 Å². The molecule has 1 saturated heterocycles. The molecule has 2 amide bonds. The number of hydrogen-bond donors (Lipinski definition) is 1. The second kappa shape index (κ2) is 9.82. The average Bonchev–Trinajstić information content (AvgIpc) is 2.97. The molecule has 0 saturated carbocycles. The van der Waals surface area contributed by atoms with Gasteiger partial charge in [0.1, 0.15) is 13.2 Å². The molecule has 1 fully saturated rings. The number of fused-ring (bicyclic) bond motifs is 1. The molecule has 160 valence electrons. The molecule has 2 heterocycles. The van der Waals surface area contributed by atoms with Crippen LogP contribution in [0.3, 0.4) is 0 Å². The number of ether oxygens (including phenoxy) is 3. The van der Waals surface area contributed by atoms with E-state index in [0.717, 1.165) is 13.0 Å². The fourth-order valence-electron chi connectivity index (χ4n) is 3.37. The summed E-state index contributed by atoms with van der Waals surface area (Å²) < 4.78 is 16.4. The molecule has 29 heavy (non-hydrogen) atoms. The van der Waals surface area contributed by atoms with E-state index in [2.05, 4.69) is 10.2 Å². The van der Waals surface area contributed by atoms with E-state index in [-0.39, 0.29) is 18.0 Å². The van der Waals surface area contributed by atoms with E-state index in [4.69, 9.17) is 14.2 Å². The molecule has 1 atom stereocenters. The van der Waals surface area contributed by atoms with Gasteiger partial charge in [-0.25, -0.2) is 4.79 Å². The summed E-state index contributed by atoms with van der Waals surface area (Å²) in [5, 5.41) is 2.95. The predicted octanol–water partition coefficient (Wildman–Crippen LogP) is 2.59. The summed E-state index contributed by atoms with van der Waals surface area (Å²) in [6.07, 6.45) is 0.534. The largest absolute Gasteiger partial charge is 0.486 e. The van der Waals surface area contributed by atoms with Crippen LogP contribution in [0.5, 0.6) is 11.5 Å². The van der Waals surface area contributed by atoms with Crippen LogP contribution in [0.2, 0.25) is 0 Å². The number of rotatable bonds is 5. The lowest BCUT2D eigenvalue weighted by Gasteiger charge is -2.27. The highest BCUT2D eigenvalue weighted by Gasteiger charge is 2.26. The average molecular weight is 405 g/mol. The minimum Gasteiger partial charge on any atom is -0.486 e. The lowest BCUT2D eigenvalue weighted by Crippen LogP contribution is -2.44. The maximum absolute atomic E-state index is 12.8. The van der Waals surface area contributed by atoms with Crippen molar-refractivity contribution in [3.05, 3.63) is 18.2 Å². The molecule has 1 N–H and O–H groups in total. The smallest absolute Gasteiger partial charge is 0.409 e. The first-order chi connectivity index (χ1) is 13.9. The molecule has 8 nitrogen and oxygen atoms in total. The van der Waals surface area contributed by atoms with Crippen molar-refractivity contribution >= 4 is 17.7 Å². The van der Waals surface area contributed by atoms with E-state index < -0.39 is 0 Å². The molecule has 0 aliphatic carbocycles. The van der Waals surface area contributed by atoms with Crippen LogP contribution >= 0.6 is 0 Å². The number of nitrogens with zero attached hydrogens (tertiary/aromatic N) is 2. The number of nitrogens with one attached hydrogen (secondary N) is 1. The lowest BCUT2D eigenvalue weighted by atomic mass is 10.2. The molecule has 0 spiro atoms. The Hall–Kier alpha value is -2.48. The summed E-state index contributed by atoms with van der Waals surface area (Å²) in [6.45, 7) is 9.96. The predicted molar refractivity (Wildman–Crippen MR) is 109 cm³/mol. The van der Waals surface area contributed by atoms with Gasteiger partial charge in [-0.15, -0.1) is 0 Å². The van der Waals surface area contributed by atoms with Gasteiger partial charge >= 0.3 is 6.09 Å². The first-order valence-corrected chi connectivity index (χ1v) is 10.3. The number of carbonyl (C=O) groups excluding carboxylic acids is 2. The van der Waals surface area contributed by atoms with Crippen molar-refractivity contribution in [1.29, 1.82) is 0 Å². The molecule has 0 aromatic heterocycles. The Morgan fingerprint density at radius 2 is 1.83 bits per heavy atom. The monoisotopic (exact) mass is 405 g/mol. The third-order valence-electron chi connectivity index (χ3n) is 5.07. The van der Waals surface area contributed by atoms with Gasteiger partial charge in [0, 0.05) is 37.9 Å². The van der Waals surface area contributed by atoms with Crippen LogP contribution in [0.25, 0.3) is 0 Å². The quantitative estimate of drug-likeness (QED) is 0.811. The highest BCUT2D eigenvalue weighted by atomic mass is 16.6. The molecular formula is C21H31N3O5. The maximum Gasteiger partial charge on any atom is 0.409 e. The fraction of sp³-hybridized carbons (Fsp3) is 0.619. The van der Waals surface area contributed by atoms with Crippen molar-refractivity contribution in [2.45, 2.75) is 33.2 Å². The zero-order valence-electron chi connectivity index (χ0n) is 17.5. The van der Waals surface area contributed by atoms with Gasteiger partial charge in [0.25, 0.3) is 0 Å². The van der Waals surface area contributed by atoms with Gasteiger partial charge in [0.2, 0.25) is 5.91 Å². The first-order valence-electron chi connectivity index (χ1n) is 10.3. The topological polar surface area (TPSA) is 80.3 Å². The molecular weight excluding hydrogens is 374 g/mol. The number of amides is 2. The van der Waals surface area contributed by atoms with Gasteiger partial charge in [-0.3, -0.25) is 9.69 Å². The Morgan fingerprint density at radius 3 is 2.59 bits per heavy atom. The summed E-state index contributed by atoms with van der Waals surface area (Å²) >= 11 is 0. The molecule has 2 aliphatic rings. The molecule has 0 bridgehead atoms. The minimum absolute atomic E-state index is 0.0856. The van der Waals surface area contributed by atoms with Crippen LogP contribution in [0, 0.1) is 5.92 Å². The summed E-state index contributed by atoms with van der Waals surface area (Å²) in [6, 6.07) is 5.09. The van der Waals surface area contributed by atoms with Crippen molar-refractivity contribution in [2.24, 2.45) is 5.92 Å². The fourth-order valence-corrected chi connectivity index (χ4v) is 3.37. The van der Waals surface area contributed by atoms with Gasteiger partial charge in [-0.1, -0.05) is 13.8 Å². The van der Waals surface area contributed by atoms with Crippen LogP contribution in [-0.4, -0.2) is 73.8 Å². The summed E-state index contributed by atoms with van der Waals surface area (Å²) in [5.41, 5.74) is 0.680. The number of carbonyl (C=O) groups is 2. The second-order valence-corrected chi connectivity index (χ2v) is 7.87. The third kappa shape index (κ3) is 5.76. The summed E-state index contributed by atoms with van der Waals surface area (Å²) in [7, 11) is 0. The van der Waals surface area contributed by atoms with Gasteiger partial charge in [-0.05, 0) is 31.4 Å². The Balaban J connectivity index is 1.52. The Labute approximate surface area is 172 Å². The molecule has 1 unspecified atom stereocenters. The second-order valence-electron chi connectivity index (χ2n) is 7.87.